The smallest absolute Gasteiger partial charge is 0.323 e. The zero-order chi connectivity index (χ0) is 17.6. The molecule has 0 spiro atoms. The Morgan fingerprint density at radius 3 is 1.96 bits per heavy atom. The molecule has 1 heterocycles. The summed E-state index contributed by atoms with van der Waals surface area (Å²) in [6.07, 6.45) is 2.54. The van der Waals surface area contributed by atoms with E-state index in [-0.39, 0.29) is 11.7 Å². The fraction of sp³-hybridized carbons (Fsp3) is 0.263. The minimum absolute atomic E-state index is 0.146. The van der Waals surface area contributed by atoms with Crippen molar-refractivity contribution in [1.82, 2.24) is 4.90 Å². The number of carbonyl (C=O) groups is 2. The van der Waals surface area contributed by atoms with Gasteiger partial charge in [0.1, 0.15) is 5.82 Å². The second-order valence-electron chi connectivity index (χ2n) is 6.05. The van der Waals surface area contributed by atoms with Gasteiger partial charge in [-0.3, -0.25) is 4.79 Å². The summed E-state index contributed by atoms with van der Waals surface area (Å²) in [4.78, 5) is 25.9. The third-order valence-corrected chi connectivity index (χ3v) is 4.13. The van der Waals surface area contributed by atoms with Gasteiger partial charge in [0.05, 0.1) is 6.42 Å². The Labute approximate surface area is 145 Å². The van der Waals surface area contributed by atoms with Gasteiger partial charge in [-0.2, -0.15) is 0 Å². The molecule has 25 heavy (non-hydrogen) atoms. The van der Waals surface area contributed by atoms with Crippen molar-refractivity contribution in [3.8, 4) is 0 Å². The maximum atomic E-state index is 12.8. The lowest BCUT2D eigenvalue weighted by atomic mass is 10.1. The Hall–Kier alpha value is -2.89. The summed E-state index contributed by atoms with van der Waals surface area (Å²) in [6, 6.07) is 12.3. The second-order valence-corrected chi connectivity index (χ2v) is 6.05. The number of hydrogen-bond acceptors (Lipinski definition) is 2. The average Bonchev–Trinajstić information content (AvgIpc) is 3.13. The molecule has 0 saturated carbocycles. The first kappa shape index (κ1) is 17.0. The predicted molar refractivity (Wildman–Crippen MR) is 95.0 cm³/mol. The van der Waals surface area contributed by atoms with Crippen LogP contribution in [0.2, 0.25) is 0 Å². The van der Waals surface area contributed by atoms with Crippen molar-refractivity contribution in [1.29, 1.82) is 0 Å². The molecule has 3 rings (SSSR count). The lowest BCUT2D eigenvalue weighted by Gasteiger charge is -2.15. The molecule has 1 saturated heterocycles. The number of benzene rings is 2. The fourth-order valence-corrected chi connectivity index (χ4v) is 2.79. The van der Waals surface area contributed by atoms with E-state index in [4.69, 9.17) is 0 Å². The highest BCUT2D eigenvalue weighted by molar-refractivity contribution is 5.99. The van der Waals surface area contributed by atoms with Crippen molar-refractivity contribution in [2.24, 2.45) is 0 Å². The lowest BCUT2D eigenvalue weighted by Crippen LogP contribution is -2.29. The molecule has 1 aliphatic rings. The van der Waals surface area contributed by atoms with E-state index in [2.05, 4.69) is 10.6 Å². The van der Waals surface area contributed by atoms with E-state index in [1.807, 2.05) is 17.0 Å². The summed E-state index contributed by atoms with van der Waals surface area (Å²) < 4.78 is 12.8. The standard InChI is InChI=1S/C19H20FN3O2/c20-15-5-9-17(10-6-15)22-19(25)21-16-7-3-14(4-8-16)13-18(24)23-11-1-2-12-23/h3-10H,1-2,11-13H2,(H2,21,22,25). The molecule has 3 amide bonds. The Morgan fingerprint density at radius 2 is 1.40 bits per heavy atom. The lowest BCUT2D eigenvalue weighted by molar-refractivity contribution is -0.129. The molecule has 2 aromatic rings. The zero-order valence-electron chi connectivity index (χ0n) is 13.8. The van der Waals surface area contributed by atoms with Crippen LogP contribution in [-0.2, 0) is 11.2 Å². The normalized spacial score (nSPS) is 13.6. The van der Waals surface area contributed by atoms with E-state index in [0.29, 0.717) is 17.8 Å². The van der Waals surface area contributed by atoms with E-state index in [1.54, 1.807) is 12.1 Å². The highest BCUT2D eigenvalue weighted by Crippen LogP contribution is 2.14. The molecule has 1 fully saturated rings. The van der Waals surface area contributed by atoms with Crippen LogP contribution >= 0.6 is 0 Å². The summed E-state index contributed by atoms with van der Waals surface area (Å²) in [5, 5.41) is 5.33. The topological polar surface area (TPSA) is 61.4 Å². The summed E-state index contributed by atoms with van der Waals surface area (Å²) in [7, 11) is 0. The first-order chi connectivity index (χ1) is 12.1. The van der Waals surface area contributed by atoms with Gasteiger partial charge in [-0.25, -0.2) is 9.18 Å². The monoisotopic (exact) mass is 341 g/mol. The van der Waals surface area contributed by atoms with E-state index < -0.39 is 6.03 Å². The predicted octanol–water partition coefficient (Wildman–Crippen LogP) is 3.63. The van der Waals surface area contributed by atoms with Gasteiger partial charge in [-0.05, 0) is 54.8 Å². The van der Waals surface area contributed by atoms with Crippen LogP contribution in [0.15, 0.2) is 48.5 Å². The number of carbonyl (C=O) groups excluding carboxylic acids is 2. The second kappa shape index (κ2) is 7.79. The quantitative estimate of drug-likeness (QED) is 0.892. The van der Waals surface area contributed by atoms with Gasteiger partial charge in [0.25, 0.3) is 0 Å². The molecule has 2 aromatic carbocycles. The van der Waals surface area contributed by atoms with Crippen molar-refractivity contribution in [3.05, 3.63) is 59.9 Å². The summed E-state index contributed by atoms with van der Waals surface area (Å²) >= 11 is 0. The van der Waals surface area contributed by atoms with Gasteiger partial charge in [0.15, 0.2) is 0 Å². The molecule has 0 unspecified atom stereocenters. The summed E-state index contributed by atoms with van der Waals surface area (Å²) in [5.74, 6) is -0.211. The number of likely N-dealkylation sites (tertiary alicyclic amines) is 1. The molecule has 6 heteroatoms. The number of halogens is 1. The van der Waals surface area contributed by atoms with Gasteiger partial charge in [0, 0.05) is 24.5 Å². The molecule has 5 nitrogen and oxygen atoms in total. The SMILES string of the molecule is O=C(Nc1ccc(F)cc1)Nc1ccc(CC(=O)N2CCCC2)cc1. The van der Waals surface area contributed by atoms with Crippen LogP contribution in [0.5, 0.6) is 0 Å². The molecule has 130 valence electrons. The van der Waals surface area contributed by atoms with E-state index in [9.17, 15) is 14.0 Å². The average molecular weight is 341 g/mol. The Morgan fingerprint density at radius 1 is 0.880 bits per heavy atom. The summed E-state index contributed by atoms with van der Waals surface area (Å²) in [5.41, 5.74) is 2.05. The van der Waals surface area contributed by atoms with Crippen LogP contribution in [0, 0.1) is 5.82 Å². The number of anilines is 2. The number of hydrogen-bond donors (Lipinski definition) is 2. The van der Waals surface area contributed by atoms with Gasteiger partial charge < -0.3 is 15.5 Å². The minimum atomic E-state index is -0.410. The number of rotatable bonds is 4. The highest BCUT2D eigenvalue weighted by Gasteiger charge is 2.17. The molecule has 2 N–H and O–H groups in total. The van der Waals surface area contributed by atoms with E-state index in [1.165, 1.54) is 24.3 Å². The Balaban J connectivity index is 1.52. The molecule has 0 bridgehead atoms. The van der Waals surface area contributed by atoms with Crippen molar-refractivity contribution in [2.45, 2.75) is 19.3 Å². The molecule has 1 aliphatic heterocycles. The van der Waals surface area contributed by atoms with Crippen molar-refractivity contribution >= 4 is 23.3 Å². The first-order valence-electron chi connectivity index (χ1n) is 8.30. The van der Waals surface area contributed by atoms with Crippen LogP contribution < -0.4 is 10.6 Å². The van der Waals surface area contributed by atoms with Crippen molar-refractivity contribution in [3.63, 3.8) is 0 Å². The Bertz CT molecular complexity index is 738. The van der Waals surface area contributed by atoms with Crippen LogP contribution in [0.4, 0.5) is 20.6 Å². The fourth-order valence-electron chi connectivity index (χ4n) is 2.79. The van der Waals surface area contributed by atoms with Gasteiger partial charge >= 0.3 is 6.03 Å². The minimum Gasteiger partial charge on any atom is -0.342 e. The van der Waals surface area contributed by atoms with Crippen molar-refractivity contribution < 1.29 is 14.0 Å². The number of urea groups is 1. The first-order valence-corrected chi connectivity index (χ1v) is 8.30. The van der Waals surface area contributed by atoms with Crippen LogP contribution in [-0.4, -0.2) is 29.9 Å². The maximum Gasteiger partial charge on any atom is 0.323 e. The molecule has 0 radical (unpaired) electrons. The zero-order valence-corrected chi connectivity index (χ0v) is 13.8. The molecular formula is C19H20FN3O2. The molecule has 0 aromatic heterocycles. The number of nitrogens with zero attached hydrogens (tertiary/aromatic N) is 1. The third-order valence-electron chi connectivity index (χ3n) is 4.13. The number of amides is 3. The third kappa shape index (κ3) is 4.79. The Kier molecular flexibility index (Phi) is 5.28. The van der Waals surface area contributed by atoms with Crippen LogP contribution in [0.25, 0.3) is 0 Å². The number of nitrogens with one attached hydrogen (secondary N) is 2. The molecular weight excluding hydrogens is 321 g/mol. The van der Waals surface area contributed by atoms with Gasteiger partial charge in [-0.15, -0.1) is 0 Å². The molecule has 0 atom stereocenters. The van der Waals surface area contributed by atoms with E-state index >= 15 is 0 Å². The van der Waals surface area contributed by atoms with Gasteiger partial charge in [-0.1, -0.05) is 12.1 Å². The molecule has 0 aliphatic carbocycles. The summed E-state index contributed by atoms with van der Waals surface area (Å²) in [6.45, 7) is 1.70. The maximum absolute atomic E-state index is 12.8. The van der Waals surface area contributed by atoms with Crippen LogP contribution in [0.3, 0.4) is 0 Å². The van der Waals surface area contributed by atoms with Gasteiger partial charge in [0.2, 0.25) is 5.91 Å². The van der Waals surface area contributed by atoms with Crippen LogP contribution in [0.1, 0.15) is 18.4 Å². The highest BCUT2D eigenvalue weighted by atomic mass is 19.1. The van der Waals surface area contributed by atoms with E-state index in [0.717, 1.165) is 31.5 Å². The largest absolute Gasteiger partial charge is 0.342 e. The van der Waals surface area contributed by atoms with Crippen molar-refractivity contribution in [2.75, 3.05) is 23.7 Å².